The Morgan fingerprint density at radius 1 is 0.906 bits per heavy atom. The molecule has 0 radical (unpaired) electrons. The molecule has 10 heteroatoms. The third kappa shape index (κ3) is 4.37. The maximum Gasteiger partial charge on any atom is 0.243 e. The van der Waals surface area contributed by atoms with E-state index in [4.69, 9.17) is 9.47 Å². The van der Waals surface area contributed by atoms with Crippen molar-refractivity contribution in [3.05, 3.63) is 60.4 Å². The summed E-state index contributed by atoms with van der Waals surface area (Å²) in [5.41, 5.74) is 1.40. The lowest BCUT2D eigenvalue weighted by Crippen LogP contribution is -2.49. The molecule has 1 saturated heterocycles. The highest BCUT2D eigenvalue weighted by Crippen LogP contribution is 2.32. The van der Waals surface area contributed by atoms with Gasteiger partial charge in [-0.15, -0.1) is 10.2 Å². The smallest absolute Gasteiger partial charge is 0.243 e. The normalized spacial score (nSPS) is 14.9. The first-order valence-electron chi connectivity index (χ1n) is 9.99. The zero-order chi connectivity index (χ0) is 22.7. The molecule has 0 spiro atoms. The van der Waals surface area contributed by atoms with E-state index >= 15 is 0 Å². The zero-order valence-electron chi connectivity index (χ0n) is 17.7. The van der Waals surface area contributed by atoms with E-state index in [-0.39, 0.29) is 18.0 Å². The largest absolute Gasteiger partial charge is 0.497 e. The number of hydrogen-bond donors (Lipinski definition) is 0. The van der Waals surface area contributed by atoms with E-state index in [1.165, 1.54) is 22.5 Å². The number of nitrogens with zero attached hydrogens (tertiary/aromatic N) is 4. The quantitative estimate of drug-likeness (QED) is 0.562. The fourth-order valence-electron chi connectivity index (χ4n) is 3.59. The molecule has 4 rings (SSSR count). The van der Waals surface area contributed by atoms with Gasteiger partial charge < -0.3 is 14.4 Å². The van der Waals surface area contributed by atoms with E-state index in [1.807, 2.05) is 35.2 Å². The van der Waals surface area contributed by atoms with Crippen molar-refractivity contribution in [1.82, 2.24) is 14.5 Å². The lowest BCUT2D eigenvalue weighted by atomic mass is 10.1. The molecular weight excluding hydrogens is 435 g/mol. The van der Waals surface area contributed by atoms with Crippen LogP contribution in [0.3, 0.4) is 0 Å². The van der Waals surface area contributed by atoms with Gasteiger partial charge in [-0.1, -0.05) is 6.07 Å². The number of piperazine rings is 1. The second-order valence-corrected chi connectivity index (χ2v) is 9.13. The third-order valence-electron chi connectivity index (χ3n) is 5.33. The van der Waals surface area contributed by atoms with Crippen LogP contribution in [0.25, 0.3) is 11.3 Å². The standard InChI is InChI=1S/C22H23FN4O4S/c1-30-17-6-8-21(31-2)19(15-17)20-7-9-22(25-24-20)26-10-12-27(13-11-26)32(28,29)18-5-3-4-16(23)14-18/h3-9,14-15H,10-13H2,1-2H3. The molecule has 168 valence electrons. The maximum absolute atomic E-state index is 13.5. The second kappa shape index (κ2) is 9.09. The molecule has 0 bridgehead atoms. The molecule has 8 nitrogen and oxygen atoms in total. The van der Waals surface area contributed by atoms with Gasteiger partial charge in [0.1, 0.15) is 17.3 Å². The summed E-state index contributed by atoms with van der Waals surface area (Å²) in [6.07, 6.45) is 0. The van der Waals surface area contributed by atoms with E-state index in [0.717, 1.165) is 11.6 Å². The Morgan fingerprint density at radius 2 is 1.69 bits per heavy atom. The van der Waals surface area contributed by atoms with E-state index in [9.17, 15) is 12.8 Å². The van der Waals surface area contributed by atoms with Crippen molar-refractivity contribution in [1.29, 1.82) is 0 Å². The minimum absolute atomic E-state index is 0.0395. The number of methoxy groups -OCH3 is 2. The van der Waals surface area contributed by atoms with Crippen molar-refractivity contribution in [3.63, 3.8) is 0 Å². The Labute approximate surface area is 186 Å². The number of sulfonamides is 1. The number of halogens is 1. The molecule has 0 amide bonds. The SMILES string of the molecule is COc1ccc(OC)c(-c2ccc(N3CCN(S(=O)(=O)c4cccc(F)c4)CC3)nn2)c1. The van der Waals surface area contributed by atoms with Gasteiger partial charge in [-0.2, -0.15) is 4.31 Å². The van der Waals surface area contributed by atoms with Gasteiger partial charge in [0, 0.05) is 31.7 Å². The van der Waals surface area contributed by atoms with Crippen molar-refractivity contribution in [2.24, 2.45) is 0 Å². The molecule has 2 aromatic carbocycles. The van der Waals surface area contributed by atoms with Crippen LogP contribution >= 0.6 is 0 Å². The predicted octanol–water partition coefficient (Wildman–Crippen LogP) is 2.81. The number of ether oxygens (including phenoxy) is 2. The third-order valence-corrected chi connectivity index (χ3v) is 7.22. The van der Waals surface area contributed by atoms with Crippen LogP contribution in [0.4, 0.5) is 10.2 Å². The molecule has 2 heterocycles. The van der Waals surface area contributed by atoms with Crippen LogP contribution in [-0.2, 0) is 10.0 Å². The van der Waals surface area contributed by atoms with E-state index < -0.39 is 15.8 Å². The molecule has 0 atom stereocenters. The molecule has 0 aliphatic carbocycles. The van der Waals surface area contributed by atoms with Crippen molar-refractivity contribution >= 4 is 15.8 Å². The van der Waals surface area contributed by atoms with Crippen LogP contribution < -0.4 is 14.4 Å². The summed E-state index contributed by atoms with van der Waals surface area (Å²) < 4.78 is 51.1. The first-order chi connectivity index (χ1) is 15.4. The van der Waals surface area contributed by atoms with Gasteiger partial charge in [0.05, 0.1) is 24.8 Å². The summed E-state index contributed by atoms with van der Waals surface area (Å²) in [6.45, 7) is 1.44. The number of hydrogen-bond acceptors (Lipinski definition) is 7. The van der Waals surface area contributed by atoms with Crippen LogP contribution in [0.1, 0.15) is 0 Å². The Morgan fingerprint density at radius 3 is 2.31 bits per heavy atom. The van der Waals surface area contributed by atoms with Gasteiger partial charge in [-0.3, -0.25) is 0 Å². The number of aromatic nitrogens is 2. The van der Waals surface area contributed by atoms with Gasteiger partial charge in [0.2, 0.25) is 10.0 Å². The van der Waals surface area contributed by atoms with Gasteiger partial charge in [-0.05, 0) is 48.5 Å². The molecule has 0 saturated carbocycles. The summed E-state index contributed by atoms with van der Waals surface area (Å²) in [7, 11) is -0.563. The van der Waals surface area contributed by atoms with Crippen molar-refractivity contribution in [2.75, 3.05) is 45.3 Å². The first-order valence-corrected chi connectivity index (χ1v) is 11.4. The fourth-order valence-corrected chi connectivity index (χ4v) is 5.04. The highest BCUT2D eigenvalue weighted by atomic mass is 32.2. The van der Waals surface area contributed by atoms with Crippen LogP contribution in [0.15, 0.2) is 59.5 Å². The van der Waals surface area contributed by atoms with Crippen LogP contribution in [-0.4, -0.2) is 63.3 Å². The first kappa shape index (κ1) is 22.0. The predicted molar refractivity (Wildman–Crippen MR) is 118 cm³/mol. The Kier molecular flexibility index (Phi) is 6.24. The van der Waals surface area contributed by atoms with Crippen molar-refractivity contribution < 1.29 is 22.3 Å². The van der Waals surface area contributed by atoms with E-state index in [0.29, 0.717) is 36.1 Å². The van der Waals surface area contributed by atoms with Crippen LogP contribution in [0, 0.1) is 5.82 Å². The fraction of sp³-hybridized carbons (Fsp3) is 0.273. The van der Waals surface area contributed by atoms with E-state index in [2.05, 4.69) is 10.2 Å². The molecule has 0 N–H and O–H groups in total. The van der Waals surface area contributed by atoms with Gasteiger partial charge in [0.25, 0.3) is 0 Å². The van der Waals surface area contributed by atoms with Crippen molar-refractivity contribution in [2.45, 2.75) is 4.90 Å². The summed E-state index contributed by atoms with van der Waals surface area (Å²) >= 11 is 0. The highest BCUT2D eigenvalue weighted by molar-refractivity contribution is 7.89. The Balaban J connectivity index is 1.47. The topological polar surface area (TPSA) is 84.9 Å². The van der Waals surface area contributed by atoms with Crippen LogP contribution in [0.5, 0.6) is 11.5 Å². The average molecular weight is 459 g/mol. The summed E-state index contributed by atoms with van der Waals surface area (Å²) in [6, 6.07) is 14.2. The number of anilines is 1. The molecule has 0 unspecified atom stereocenters. The highest BCUT2D eigenvalue weighted by Gasteiger charge is 2.29. The Bertz CT molecular complexity index is 1200. The average Bonchev–Trinajstić information content (AvgIpc) is 2.84. The molecule has 1 aliphatic rings. The lowest BCUT2D eigenvalue weighted by molar-refractivity contribution is 0.383. The van der Waals surface area contributed by atoms with E-state index in [1.54, 1.807) is 14.2 Å². The van der Waals surface area contributed by atoms with Gasteiger partial charge in [0.15, 0.2) is 5.82 Å². The van der Waals surface area contributed by atoms with Gasteiger partial charge in [-0.25, -0.2) is 12.8 Å². The molecule has 32 heavy (non-hydrogen) atoms. The van der Waals surface area contributed by atoms with Crippen molar-refractivity contribution in [3.8, 4) is 22.8 Å². The molecular formula is C22H23FN4O4S. The molecule has 1 aliphatic heterocycles. The summed E-state index contributed by atoms with van der Waals surface area (Å²) in [4.78, 5) is 1.93. The second-order valence-electron chi connectivity index (χ2n) is 7.19. The van der Waals surface area contributed by atoms with Gasteiger partial charge >= 0.3 is 0 Å². The number of rotatable bonds is 6. The number of benzene rings is 2. The lowest BCUT2D eigenvalue weighted by Gasteiger charge is -2.34. The summed E-state index contributed by atoms with van der Waals surface area (Å²) in [5.74, 6) is 1.41. The zero-order valence-corrected chi connectivity index (χ0v) is 18.5. The monoisotopic (exact) mass is 458 g/mol. The minimum atomic E-state index is -3.74. The van der Waals surface area contributed by atoms with Crippen LogP contribution in [0.2, 0.25) is 0 Å². The maximum atomic E-state index is 13.5. The minimum Gasteiger partial charge on any atom is -0.497 e. The molecule has 1 fully saturated rings. The summed E-state index contributed by atoms with van der Waals surface area (Å²) in [5, 5.41) is 8.66. The molecule has 1 aromatic heterocycles. The Hall–Kier alpha value is -3.24. The molecule has 3 aromatic rings.